The highest BCUT2D eigenvalue weighted by atomic mass is 16.1. The Morgan fingerprint density at radius 3 is 2.94 bits per heavy atom. The smallest absolute Gasteiger partial charge is 0.176 e. The molecule has 2 aliphatic rings. The van der Waals surface area contributed by atoms with E-state index in [1.54, 1.807) is 0 Å². The molecule has 0 aromatic heterocycles. The molecule has 1 saturated heterocycles. The van der Waals surface area contributed by atoms with Crippen molar-refractivity contribution < 1.29 is 4.79 Å². The summed E-state index contributed by atoms with van der Waals surface area (Å²) in [6.07, 6.45) is 3.52. The van der Waals surface area contributed by atoms with Crippen molar-refractivity contribution >= 4 is 11.5 Å². The summed E-state index contributed by atoms with van der Waals surface area (Å²) < 4.78 is 0. The number of hydrogen-bond acceptors (Lipinski definition) is 3. The molecule has 1 aromatic carbocycles. The first-order valence-electron chi connectivity index (χ1n) is 6.45. The van der Waals surface area contributed by atoms with Gasteiger partial charge in [-0.15, -0.1) is 0 Å². The number of fused-ring (bicyclic) bond motifs is 1. The Morgan fingerprint density at radius 1 is 1.29 bits per heavy atom. The number of carbonyl (C=O) groups is 1. The predicted octanol–water partition coefficient (Wildman–Crippen LogP) is 1.93. The van der Waals surface area contributed by atoms with Crippen molar-refractivity contribution in [2.24, 2.45) is 0 Å². The van der Waals surface area contributed by atoms with Gasteiger partial charge in [0, 0.05) is 17.8 Å². The van der Waals surface area contributed by atoms with Crippen molar-refractivity contribution in [2.45, 2.75) is 19.3 Å². The van der Waals surface area contributed by atoms with Crippen molar-refractivity contribution in [1.29, 1.82) is 0 Å². The number of nitrogens with zero attached hydrogens (tertiary/aromatic N) is 1. The van der Waals surface area contributed by atoms with Gasteiger partial charge in [-0.1, -0.05) is 0 Å². The van der Waals surface area contributed by atoms with Crippen LogP contribution in [-0.4, -0.2) is 36.9 Å². The second kappa shape index (κ2) is 4.49. The summed E-state index contributed by atoms with van der Waals surface area (Å²) in [6.45, 7) is 3.75. The Bertz CT molecular complexity index is 436. The van der Waals surface area contributed by atoms with E-state index in [1.807, 2.05) is 12.1 Å². The zero-order valence-corrected chi connectivity index (χ0v) is 10.0. The van der Waals surface area contributed by atoms with E-state index in [0.29, 0.717) is 6.54 Å². The first-order chi connectivity index (χ1) is 8.33. The van der Waals surface area contributed by atoms with Crippen molar-refractivity contribution in [1.82, 2.24) is 4.90 Å². The maximum atomic E-state index is 12.1. The van der Waals surface area contributed by atoms with Gasteiger partial charge in [0.2, 0.25) is 0 Å². The van der Waals surface area contributed by atoms with Crippen LogP contribution in [0.3, 0.4) is 0 Å². The lowest BCUT2D eigenvalue weighted by molar-refractivity contribution is 0.0945. The molecule has 1 N–H and O–H groups in total. The Kier molecular flexibility index (Phi) is 2.85. The van der Waals surface area contributed by atoms with Crippen molar-refractivity contribution in [3.05, 3.63) is 29.3 Å². The molecule has 17 heavy (non-hydrogen) atoms. The number of anilines is 1. The fraction of sp³-hybridized carbons (Fsp3) is 0.500. The monoisotopic (exact) mass is 230 g/mol. The van der Waals surface area contributed by atoms with Crippen molar-refractivity contribution in [3.8, 4) is 0 Å². The zero-order chi connectivity index (χ0) is 11.7. The van der Waals surface area contributed by atoms with Gasteiger partial charge in [-0.05, 0) is 56.1 Å². The quantitative estimate of drug-likeness (QED) is 0.805. The lowest BCUT2D eigenvalue weighted by Crippen LogP contribution is -2.26. The minimum atomic E-state index is 0.265. The molecule has 0 atom stereocenters. The molecule has 0 spiro atoms. The largest absolute Gasteiger partial charge is 0.384 e. The molecule has 3 heteroatoms. The number of nitrogens with one attached hydrogen (secondary N) is 1. The van der Waals surface area contributed by atoms with Crippen LogP contribution < -0.4 is 5.32 Å². The number of carbonyl (C=O) groups excluding carboxylic acids is 1. The molecular weight excluding hydrogens is 212 g/mol. The van der Waals surface area contributed by atoms with Crippen LogP contribution in [0.2, 0.25) is 0 Å². The lowest BCUT2D eigenvalue weighted by Gasteiger charge is -2.13. The average molecular weight is 230 g/mol. The fourth-order valence-electron chi connectivity index (χ4n) is 2.71. The minimum Gasteiger partial charge on any atom is -0.384 e. The van der Waals surface area contributed by atoms with E-state index < -0.39 is 0 Å². The number of Topliss-reactive ketones (excluding diaryl/α,β-unsaturated/α-hetero) is 1. The molecule has 0 saturated carbocycles. The molecular formula is C14H18N2O. The molecule has 2 heterocycles. The Labute approximate surface area is 102 Å². The topological polar surface area (TPSA) is 32.3 Å². The summed E-state index contributed by atoms with van der Waals surface area (Å²) in [5, 5.41) is 3.32. The molecule has 0 unspecified atom stereocenters. The second-order valence-corrected chi connectivity index (χ2v) is 4.96. The summed E-state index contributed by atoms with van der Waals surface area (Å²) in [5.74, 6) is 0.265. The third-order valence-corrected chi connectivity index (χ3v) is 3.70. The SMILES string of the molecule is O=C(CN1CCCC1)c1ccc2c(c1)CCN2. The highest BCUT2D eigenvalue weighted by Crippen LogP contribution is 2.23. The Hall–Kier alpha value is -1.35. The van der Waals surface area contributed by atoms with Gasteiger partial charge in [0.15, 0.2) is 5.78 Å². The second-order valence-electron chi connectivity index (χ2n) is 4.96. The minimum absolute atomic E-state index is 0.265. The number of ketones is 1. The lowest BCUT2D eigenvalue weighted by atomic mass is 10.1. The molecule has 3 nitrogen and oxygen atoms in total. The van der Waals surface area contributed by atoms with Gasteiger partial charge in [0.1, 0.15) is 0 Å². The number of benzene rings is 1. The molecule has 3 rings (SSSR count). The first-order valence-corrected chi connectivity index (χ1v) is 6.45. The standard InChI is InChI=1S/C14H18N2O/c17-14(10-16-7-1-2-8-16)12-3-4-13-11(9-12)5-6-15-13/h3-4,9,15H,1-2,5-8,10H2. The maximum Gasteiger partial charge on any atom is 0.176 e. The summed E-state index contributed by atoms with van der Waals surface area (Å²) in [5.41, 5.74) is 3.36. The van der Waals surface area contributed by atoms with Crippen LogP contribution in [0.1, 0.15) is 28.8 Å². The van der Waals surface area contributed by atoms with E-state index >= 15 is 0 Å². The van der Waals surface area contributed by atoms with E-state index in [-0.39, 0.29) is 5.78 Å². The number of likely N-dealkylation sites (tertiary alicyclic amines) is 1. The molecule has 1 aromatic rings. The van der Waals surface area contributed by atoms with E-state index in [0.717, 1.165) is 31.6 Å². The van der Waals surface area contributed by atoms with Crippen LogP contribution in [0.4, 0.5) is 5.69 Å². The predicted molar refractivity (Wildman–Crippen MR) is 68.6 cm³/mol. The van der Waals surface area contributed by atoms with Crippen molar-refractivity contribution in [3.63, 3.8) is 0 Å². The molecule has 0 amide bonds. The molecule has 0 bridgehead atoms. The van der Waals surface area contributed by atoms with Gasteiger partial charge < -0.3 is 5.32 Å². The zero-order valence-electron chi connectivity index (χ0n) is 10.0. The Balaban J connectivity index is 1.72. The van der Waals surface area contributed by atoms with Gasteiger partial charge in [-0.2, -0.15) is 0 Å². The van der Waals surface area contributed by atoms with Gasteiger partial charge in [-0.25, -0.2) is 0 Å². The van der Waals surface area contributed by atoms with Gasteiger partial charge in [-0.3, -0.25) is 9.69 Å². The summed E-state index contributed by atoms with van der Waals surface area (Å²) >= 11 is 0. The van der Waals surface area contributed by atoms with Crippen LogP contribution in [0.5, 0.6) is 0 Å². The first kappa shape index (κ1) is 10.8. The third-order valence-electron chi connectivity index (χ3n) is 3.70. The number of hydrogen-bond donors (Lipinski definition) is 1. The molecule has 2 aliphatic heterocycles. The van der Waals surface area contributed by atoms with Gasteiger partial charge in [0.25, 0.3) is 0 Å². The van der Waals surface area contributed by atoms with Crippen LogP contribution in [-0.2, 0) is 6.42 Å². The van der Waals surface area contributed by atoms with E-state index in [1.165, 1.54) is 24.1 Å². The highest BCUT2D eigenvalue weighted by Gasteiger charge is 2.18. The Morgan fingerprint density at radius 2 is 2.12 bits per heavy atom. The van der Waals surface area contributed by atoms with E-state index in [4.69, 9.17) is 0 Å². The normalized spacial score (nSPS) is 19.1. The summed E-state index contributed by atoms with van der Waals surface area (Å²) in [7, 11) is 0. The van der Waals surface area contributed by atoms with Crippen LogP contribution in [0, 0.1) is 0 Å². The van der Waals surface area contributed by atoms with Crippen molar-refractivity contribution in [2.75, 3.05) is 31.5 Å². The third kappa shape index (κ3) is 2.20. The summed E-state index contributed by atoms with van der Waals surface area (Å²) in [6, 6.07) is 6.06. The van der Waals surface area contributed by atoms with Gasteiger partial charge >= 0.3 is 0 Å². The number of rotatable bonds is 3. The maximum absolute atomic E-state index is 12.1. The average Bonchev–Trinajstić information content (AvgIpc) is 2.97. The van der Waals surface area contributed by atoms with Crippen LogP contribution in [0.15, 0.2) is 18.2 Å². The molecule has 90 valence electrons. The van der Waals surface area contributed by atoms with Crippen LogP contribution >= 0.6 is 0 Å². The molecule has 0 aliphatic carbocycles. The highest BCUT2D eigenvalue weighted by molar-refractivity contribution is 5.98. The molecule has 0 radical (unpaired) electrons. The van der Waals surface area contributed by atoms with E-state index in [2.05, 4.69) is 16.3 Å². The van der Waals surface area contributed by atoms with E-state index in [9.17, 15) is 4.79 Å². The van der Waals surface area contributed by atoms with Crippen LogP contribution in [0.25, 0.3) is 0 Å². The molecule has 1 fully saturated rings. The summed E-state index contributed by atoms with van der Waals surface area (Å²) in [4.78, 5) is 14.4. The fourth-order valence-corrected chi connectivity index (χ4v) is 2.71. The van der Waals surface area contributed by atoms with Gasteiger partial charge in [0.05, 0.1) is 6.54 Å².